The van der Waals surface area contributed by atoms with Gasteiger partial charge in [0.1, 0.15) is 0 Å². The van der Waals surface area contributed by atoms with Gasteiger partial charge >= 0.3 is 0 Å². The summed E-state index contributed by atoms with van der Waals surface area (Å²) in [6.45, 7) is 15.9. The highest BCUT2D eigenvalue weighted by atomic mass is 15.2. The first-order valence-corrected chi connectivity index (χ1v) is 7.21. The molecular formula is C15H34N2. The maximum absolute atomic E-state index is 3.63. The van der Waals surface area contributed by atoms with Crippen LogP contribution in [0.3, 0.4) is 0 Å². The minimum atomic E-state index is 0.227. The van der Waals surface area contributed by atoms with Crippen LogP contribution < -0.4 is 5.32 Å². The minimum absolute atomic E-state index is 0.227. The Hall–Kier alpha value is -0.0800. The molecule has 0 aromatic carbocycles. The molecule has 0 rings (SSSR count). The summed E-state index contributed by atoms with van der Waals surface area (Å²) >= 11 is 0. The number of hydrogen-bond acceptors (Lipinski definition) is 2. The van der Waals surface area contributed by atoms with Crippen LogP contribution in [0.1, 0.15) is 60.8 Å². The monoisotopic (exact) mass is 242 g/mol. The van der Waals surface area contributed by atoms with Crippen LogP contribution in [0.4, 0.5) is 0 Å². The Bertz CT molecular complexity index is 182. The molecule has 1 unspecified atom stereocenters. The van der Waals surface area contributed by atoms with E-state index in [1.165, 1.54) is 25.8 Å². The minimum Gasteiger partial charge on any atom is -0.311 e. The molecule has 0 fully saturated rings. The van der Waals surface area contributed by atoms with Gasteiger partial charge in [0, 0.05) is 18.1 Å². The summed E-state index contributed by atoms with van der Waals surface area (Å²) in [5.41, 5.74) is 0.227. The van der Waals surface area contributed by atoms with Gasteiger partial charge in [-0.25, -0.2) is 0 Å². The molecule has 0 aromatic heterocycles. The van der Waals surface area contributed by atoms with E-state index in [0.29, 0.717) is 6.04 Å². The maximum Gasteiger partial charge on any atom is 0.0217 e. The third-order valence-corrected chi connectivity index (χ3v) is 3.17. The third kappa shape index (κ3) is 9.61. The molecule has 0 bridgehead atoms. The fourth-order valence-electron chi connectivity index (χ4n) is 1.88. The van der Waals surface area contributed by atoms with E-state index >= 15 is 0 Å². The third-order valence-electron chi connectivity index (χ3n) is 3.17. The van der Waals surface area contributed by atoms with Gasteiger partial charge in [-0.1, -0.05) is 27.2 Å². The molecule has 0 saturated carbocycles. The van der Waals surface area contributed by atoms with Gasteiger partial charge in [0.2, 0.25) is 0 Å². The van der Waals surface area contributed by atoms with Crippen molar-refractivity contribution in [1.82, 2.24) is 10.2 Å². The number of likely N-dealkylation sites (N-methyl/N-ethyl adjacent to an activating group) is 1. The van der Waals surface area contributed by atoms with Crippen molar-refractivity contribution in [3.05, 3.63) is 0 Å². The molecule has 0 heterocycles. The maximum atomic E-state index is 3.63. The molecule has 0 saturated heterocycles. The summed E-state index contributed by atoms with van der Waals surface area (Å²) in [7, 11) is 2.27. The lowest BCUT2D eigenvalue weighted by molar-refractivity contribution is 0.200. The zero-order valence-corrected chi connectivity index (χ0v) is 13.1. The largest absolute Gasteiger partial charge is 0.311 e. The van der Waals surface area contributed by atoms with Gasteiger partial charge in [0.15, 0.2) is 0 Å². The van der Waals surface area contributed by atoms with Crippen LogP contribution >= 0.6 is 0 Å². The summed E-state index contributed by atoms with van der Waals surface area (Å²) in [5, 5.41) is 3.63. The van der Waals surface area contributed by atoms with Crippen molar-refractivity contribution in [3.63, 3.8) is 0 Å². The van der Waals surface area contributed by atoms with Crippen LogP contribution in [0.25, 0.3) is 0 Å². The highest BCUT2D eigenvalue weighted by Gasteiger charge is 2.17. The molecule has 2 nitrogen and oxygen atoms in total. The SMILES string of the molecule is CCCC(CNC(C)(C)C)N(C)CCC(C)C. The van der Waals surface area contributed by atoms with E-state index in [4.69, 9.17) is 0 Å². The van der Waals surface area contributed by atoms with Crippen molar-refractivity contribution in [2.75, 3.05) is 20.1 Å². The smallest absolute Gasteiger partial charge is 0.0217 e. The molecule has 1 N–H and O–H groups in total. The van der Waals surface area contributed by atoms with Crippen LogP contribution in [0.2, 0.25) is 0 Å². The number of hydrogen-bond donors (Lipinski definition) is 1. The molecule has 0 aliphatic carbocycles. The van der Waals surface area contributed by atoms with Crippen molar-refractivity contribution < 1.29 is 0 Å². The van der Waals surface area contributed by atoms with Crippen LogP contribution in [-0.4, -0.2) is 36.6 Å². The lowest BCUT2D eigenvalue weighted by Crippen LogP contribution is -2.46. The van der Waals surface area contributed by atoms with Crippen molar-refractivity contribution in [1.29, 1.82) is 0 Å². The molecule has 17 heavy (non-hydrogen) atoms. The molecule has 0 amide bonds. The lowest BCUT2D eigenvalue weighted by Gasteiger charge is -2.32. The number of rotatable bonds is 8. The van der Waals surface area contributed by atoms with Crippen LogP contribution in [0, 0.1) is 5.92 Å². The molecular weight excluding hydrogens is 208 g/mol. The normalized spacial score (nSPS) is 14.6. The second-order valence-electron chi connectivity index (χ2n) is 6.74. The molecule has 0 aliphatic heterocycles. The Balaban J connectivity index is 4.11. The van der Waals surface area contributed by atoms with E-state index in [1.54, 1.807) is 0 Å². The average Bonchev–Trinajstić information content (AvgIpc) is 2.19. The van der Waals surface area contributed by atoms with Crippen molar-refractivity contribution >= 4 is 0 Å². The summed E-state index contributed by atoms with van der Waals surface area (Å²) in [4.78, 5) is 2.53. The van der Waals surface area contributed by atoms with Crippen molar-refractivity contribution in [2.45, 2.75) is 72.4 Å². The van der Waals surface area contributed by atoms with E-state index in [9.17, 15) is 0 Å². The molecule has 104 valence electrons. The van der Waals surface area contributed by atoms with Gasteiger partial charge < -0.3 is 10.2 Å². The van der Waals surface area contributed by atoms with Crippen molar-refractivity contribution in [3.8, 4) is 0 Å². The first-order chi connectivity index (χ1) is 7.76. The van der Waals surface area contributed by atoms with Gasteiger partial charge in [0.05, 0.1) is 0 Å². The molecule has 0 radical (unpaired) electrons. The second-order valence-corrected chi connectivity index (χ2v) is 6.74. The average molecular weight is 242 g/mol. The predicted molar refractivity (Wildman–Crippen MR) is 78.5 cm³/mol. The Morgan fingerprint density at radius 3 is 2.12 bits per heavy atom. The quantitative estimate of drug-likeness (QED) is 0.700. The highest BCUT2D eigenvalue weighted by molar-refractivity contribution is 4.77. The Morgan fingerprint density at radius 1 is 1.12 bits per heavy atom. The zero-order chi connectivity index (χ0) is 13.5. The van der Waals surface area contributed by atoms with Gasteiger partial charge in [-0.15, -0.1) is 0 Å². The Labute approximate surface area is 109 Å². The molecule has 1 atom stereocenters. The number of nitrogens with one attached hydrogen (secondary N) is 1. The van der Waals surface area contributed by atoms with E-state index in [2.05, 4.69) is 58.8 Å². The van der Waals surface area contributed by atoms with E-state index in [1.807, 2.05) is 0 Å². The molecule has 0 aliphatic rings. The predicted octanol–water partition coefficient (Wildman–Crippen LogP) is 3.52. The summed E-state index contributed by atoms with van der Waals surface area (Å²) in [5.74, 6) is 0.801. The highest BCUT2D eigenvalue weighted by Crippen LogP contribution is 2.09. The first-order valence-electron chi connectivity index (χ1n) is 7.21. The molecule has 2 heteroatoms. The fraction of sp³-hybridized carbons (Fsp3) is 1.00. The van der Waals surface area contributed by atoms with Gasteiger partial charge in [-0.3, -0.25) is 0 Å². The summed E-state index contributed by atoms with van der Waals surface area (Å²) < 4.78 is 0. The first kappa shape index (κ1) is 16.9. The second kappa shape index (κ2) is 8.10. The van der Waals surface area contributed by atoms with Crippen LogP contribution in [0.5, 0.6) is 0 Å². The summed E-state index contributed by atoms with van der Waals surface area (Å²) in [6, 6.07) is 0.679. The van der Waals surface area contributed by atoms with E-state index < -0.39 is 0 Å². The lowest BCUT2D eigenvalue weighted by atomic mass is 10.1. The van der Waals surface area contributed by atoms with E-state index in [0.717, 1.165) is 12.5 Å². The zero-order valence-electron chi connectivity index (χ0n) is 13.1. The Kier molecular flexibility index (Phi) is 8.06. The van der Waals surface area contributed by atoms with Gasteiger partial charge in [-0.2, -0.15) is 0 Å². The number of nitrogens with zero attached hydrogens (tertiary/aromatic N) is 1. The molecule has 0 aromatic rings. The van der Waals surface area contributed by atoms with E-state index in [-0.39, 0.29) is 5.54 Å². The molecule has 0 spiro atoms. The van der Waals surface area contributed by atoms with Gasteiger partial charge in [-0.05, 0) is 53.1 Å². The van der Waals surface area contributed by atoms with Gasteiger partial charge in [0.25, 0.3) is 0 Å². The fourth-order valence-corrected chi connectivity index (χ4v) is 1.88. The Morgan fingerprint density at radius 2 is 1.71 bits per heavy atom. The van der Waals surface area contributed by atoms with Crippen molar-refractivity contribution in [2.24, 2.45) is 5.92 Å². The topological polar surface area (TPSA) is 15.3 Å². The summed E-state index contributed by atoms with van der Waals surface area (Å²) in [6.07, 6.45) is 3.85. The van der Waals surface area contributed by atoms with Crippen LogP contribution in [-0.2, 0) is 0 Å². The standard InChI is InChI=1S/C15H34N2/c1-8-9-14(12-16-15(4,5)6)17(7)11-10-13(2)3/h13-14,16H,8-12H2,1-7H3. The van der Waals surface area contributed by atoms with Crippen LogP contribution in [0.15, 0.2) is 0 Å².